The normalized spacial score (nSPS) is 11.5. The molecule has 0 amide bonds. The molecule has 1 N–H and O–H groups in total. The van der Waals surface area contributed by atoms with Gasteiger partial charge in [-0.25, -0.2) is 10.2 Å². The van der Waals surface area contributed by atoms with Gasteiger partial charge in [0.1, 0.15) is 0 Å². The fourth-order valence-corrected chi connectivity index (χ4v) is 2.64. The molecule has 0 aliphatic rings. The second-order valence-electron chi connectivity index (χ2n) is 5.84. The van der Waals surface area contributed by atoms with Gasteiger partial charge in [0, 0.05) is 20.6 Å². The van der Waals surface area contributed by atoms with Crippen LogP contribution in [0.2, 0.25) is 0 Å². The molecule has 0 spiro atoms. The molecule has 0 bridgehead atoms. The molecule has 0 atom stereocenters. The molecule has 2 heterocycles. The Morgan fingerprint density at radius 3 is 2.48 bits per heavy atom. The van der Waals surface area contributed by atoms with Gasteiger partial charge < -0.3 is 4.57 Å². The molecule has 0 saturated carbocycles. The lowest BCUT2D eigenvalue weighted by molar-refractivity contribution is 0.635. The number of aryl methyl sites for hydroxylation is 3. The van der Waals surface area contributed by atoms with Crippen LogP contribution < -0.4 is 16.7 Å². The molecule has 0 aliphatic carbocycles. The van der Waals surface area contributed by atoms with Crippen LogP contribution in [-0.4, -0.2) is 24.9 Å². The second kappa shape index (κ2) is 6.39. The molecule has 0 unspecified atom stereocenters. The Kier molecular flexibility index (Phi) is 4.26. The van der Waals surface area contributed by atoms with Gasteiger partial charge in [0.15, 0.2) is 11.2 Å². The van der Waals surface area contributed by atoms with Gasteiger partial charge in [-0.3, -0.25) is 13.9 Å². The van der Waals surface area contributed by atoms with Gasteiger partial charge in [0.05, 0.1) is 6.21 Å². The second-order valence-corrected chi connectivity index (χ2v) is 5.84. The van der Waals surface area contributed by atoms with Crippen molar-refractivity contribution < 1.29 is 0 Å². The summed E-state index contributed by atoms with van der Waals surface area (Å²) >= 11 is 0. The Morgan fingerprint density at radius 2 is 1.84 bits per heavy atom. The minimum atomic E-state index is -0.382. The lowest BCUT2D eigenvalue weighted by Gasteiger charge is -2.05. The Labute approximate surface area is 144 Å². The van der Waals surface area contributed by atoms with Gasteiger partial charge in [-0.05, 0) is 19.4 Å². The molecular formula is C17H20N6O2. The summed E-state index contributed by atoms with van der Waals surface area (Å²) in [5.74, 6) is 0.388. The summed E-state index contributed by atoms with van der Waals surface area (Å²) in [4.78, 5) is 29.1. The smallest absolute Gasteiger partial charge is 0.306 e. The molecule has 3 aromatic rings. The molecule has 0 aliphatic heterocycles. The minimum absolute atomic E-state index is 0.307. The zero-order valence-corrected chi connectivity index (χ0v) is 14.6. The first-order valence-corrected chi connectivity index (χ1v) is 7.96. The molecule has 0 saturated heterocycles. The lowest BCUT2D eigenvalue weighted by atomic mass is 10.2. The Bertz CT molecular complexity index is 1070. The number of fused-ring (bicyclic) bond motifs is 1. The maximum Gasteiger partial charge on any atom is 0.332 e. The number of benzene rings is 1. The molecule has 1 aromatic carbocycles. The van der Waals surface area contributed by atoms with Crippen molar-refractivity contribution in [2.24, 2.45) is 19.2 Å². The van der Waals surface area contributed by atoms with Crippen LogP contribution in [0.4, 0.5) is 5.95 Å². The first-order valence-electron chi connectivity index (χ1n) is 7.96. The number of rotatable bonds is 4. The molecule has 0 radical (unpaired) electrons. The lowest BCUT2D eigenvalue weighted by Crippen LogP contribution is -2.39. The van der Waals surface area contributed by atoms with E-state index in [9.17, 15) is 9.59 Å². The summed E-state index contributed by atoms with van der Waals surface area (Å²) in [5, 5.41) is 4.17. The highest BCUT2D eigenvalue weighted by Crippen LogP contribution is 2.13. The number of aromatic nitrogens is 4. The highest BCUT2D eigenvalue weighted by atomic mass is 16.2. The summed E-state index contributed by atoms with van der Waals surface area (Å²) in [6, 6.07) is 7.91. The number of nitrogens with zero attached hydrogens (tertiary/aromatic N) is 5. The largest absolute Gasteiger partial charge is 0.332 e. The van der Waals surface area contributed by atoms with E-state index in [-0.39, 0.29) is 11.2 Å². The standard InChI is InChI=1S/C17H20N6O2/c1-5-23-15(24)13-14(22(4)17(23)25)19-16(21(13)3)20-18-10-12-8-6-11(2)7-9-12/h6-10H,5H2,1-4H3,(H,19,20)/b18-10-. The number of hydrogen-bond donors (Lipinski definition) is 1. The summed E-state index contributed by atoms with van der Waals surface area (Å²) in [5.41, 5.74) is 4.90. The van der Waals surface area contributed by atoms with Crippen molar-refractivity contribution in [3.63, 3.8) is 0 Å². The molecule has 2 aromatic heterocycles. The Hall–Kier alpha value is -3.16. The van der Waals surface area contributed by atoms with Crippen molar-refractivity contribution in [2.75, 3.05) is 5.43 Å². The van der Waals surface area contributed by atoms with Gasteiger partial charge in [0.2, 0.25) is 5.95 Å². The molecule has 8 nitrogen and oxygen atoms in total. The van der Waals surface area contributed by atoms with Crippen molar-refractivity contribution in [1.82, 2.24) is 18.7 Å². The zero-order chi connectivity index (χ0) is 18.1. The third-order valence-electron chi connectivity index (χ3n) is 4.13. The highest BCUT2D eigenvalue weighted by Gasteiger charge is 2.17. The zero-order valence-electron chi connectivity index (χ0n) is 14.6. The van der Waals surface area contributed by atoms with Crippen LogP contribution in [0.1, 0.15) is 18.1 Å². The fraction of sp³-hybridized carbons (Fsp3) is 0.294. The summed E-state index contributed by atoms with van der Waals surface area (Å²) < 4.78 is 4.16. The first-order chi connectivity index (χ1) is 11.9. The van der Waals surface area contributed by atoms with Crippen molar-refractivity contribution in [3.8, 4) is 0 Å². The van der Waals surface area contributed by atoms with Crippen molar-refractivity contribution in [1.29, 1.82) is 0 Å². The number of anilines is 1. The summed E-state index contributed by atoms with van der Waals surface area (Å²) in [6.45, 7) is 4.09. The fourth-order valence-electron chi connectivity index (χ4n) is 2.64. The van der Waals surface area contributed by atoms with Crippen LogP contribution in [0.3, 0.4) is 0 Å². The first kappa shape index (κ1) is 16.7. The van der Waals surface area contributed by atoms with Gasteiger partial charge in [0.25, 0.3) is 5.56 Å². The Balaban J connectivity index is 2.01. The monoisotopic (exact) mass is 340 g/mol. The van der Waals surface area contributed by atoms with E-state index < -0.39 is 0 Å². The predicted molar refractivity (Wildman–Crippen MR) is 98.3 cm³/mol. The number of nitrogens with one attached hydrogen (secondary N) is 1. The van der Waals surface area contributed by atoms with Crippen LogP contribution in [0, 0.1) is 6.92 Å². The van der Waals surface area contributed by atoms with E-state index in [0.29, 0.717) is 23.7 Å². The van der Waals surface area contributed by atoms with Crippen molar-refractivity contribution in [2.45, 2.75) is 20.4 Å². The van der Waals surface area contributed by atoms with Crippen molar-refractivity contribution >= 4 is 23.3 Å². The number of imidazole rings is 1. The van der Waals surface area contributed by atoms with Crippen LogP contribution in [0.15, 0.2) is 39.0 Å². The molecule has 8 heteroatoms. The average Bonchev–Trinajstić information content (AvgIpc) is 2.92. The molecule has 3 rings (SSSR count). The van der Waals surface area contributed by atoms with Crippen LogP contribution in [-0.2, 0) is 20.6 Å². The van der Waals surface area contributed by atoms with Gasteiger partial charge in [-0.2, -0.15) is 10.1 Å². The minimum Gasteiger partial charge on any atom is -0.306 e. The van der Waals surface area contributed by atoms with Crippen LogP contribution in [0.25, 0.3) is 11.2 Å². The van der Waals surface area contributed by atoms with Gasteiger partial charge in [-0.1, -0.05) is 29.8 Å². The van der Waals surface area contributed by atoms with E-state index in [0.717, 1.165) is 5.56 Å². The van der Waals surface area contributed by atoms with Gasteiger partial charge >= 0.3 is 5.69 Å². The summed E-state index contributed by atoms with van der Waals surface area (Å²) in [7, 11) is 3.31. The third-order valence-corrected chi connectivity index (χ3v) is 4.13. The Morgan fingerprint density at radius 1 is 1.16 bits per heavy atom. The SMILES string of the molecule is CCn1c(=O)c2c(nc(N/N=C\c3ccc(C)cc3)n2C)n(C)c1=O. The van der Waals surface area contributed by atoms with E-state index >= 15 is 0 Å². The molecule has 0 fully saturated rings. The van der Waals surface area contributed by atoms with E-state index in [4.69, 9.17) is 0 Å². The quantitative estimate of drug-likeness (QED) is 0.571. The predicted octanol–water partition coefficient (Wildman–Crippen LogP) is 1.21. The topological polar surface area (TPSA) is 86.2 Å². The van der Waals surface area contributed by atoms with E-state index in [1.807, 2.05) is 31.2 Å². The maximum atomic E-state index is 12.5. The molecule has 25 heavy (non-hydrogen) atoms. The molecular weight excluding hydrogens is 320 g/mol. The maximum absolute atomic E-state index is 12.5. The number of hydrogen-bond acceptors (Lipinski definition) is 5. The van der Waals surface area contributed by atoms with Crippen LogP contribution >= 0.6 is 0 Å². The van der Waals surface area contributed by atoms with E-state index in [1.54, 1.807) is 31.8 Å². The average molecular weight is 340 g/mol. The summed E-state index contributed by atoms with van der Waals surface area (Å²) in [6.07, 6.45) is 1.67. The molecule has 130 valence electrons. The van der Waals surface area contributed by atoms with Gasteiger partial charge in [-0.15, -0.1) is 0 Å². The highest BCUT2D eigenvalue weighted by molar-refractivity contribution is 5.80. The van der Waals surface area contributed by atoms with E-state index in [2.05, 4.69) is 15.5 Å². The van der Waals surface area contributed by atoms with Crippen LogP contribution in [0.5, 0.6) is 0 Å². The third kappa shape index (κ3) is 2.86. The number of hydrazone groups is 1. The van der Waals surface area contributed by atoms with E-state index in [1.165, 1.54) is 14.7 Å². The van der Waals surface area contributed by atoms with Crippen molar-refractivity contribution in [3.05, 3.63) is 56.2 Å².